The lowest BCUT2D eigenvalue weighted by atomic mass is 10.1. The van der Waals surface area contributed by atoms with Crippen LogP contribution in [0.5, 0.6) is 0 Å². The van der Waals surface area contributed by atoms with Crippen LogP contribution < -0.4 is 11.6 Å². The molecule has 0 saturated heterocycles. The molecule has 0 radical (unpaired) electrons. The van der Waals surface area contributed by atoms with E-state index in [9.17, 15) is 19.7 Å². The summed E-state index contributed by atoms with van der Waals surface area (Å²) in [5, 5.41) is 22.7. The first kappa shape index (κ1) is 17.9. The lowest BCUT2D eigenvalue weighted by Crippen LogP contribution is -2.17. The number of non-ortho nitro benzene ring substituents is 1. The molecule has 112 valence electrons. The average molecular weight is 294 g/mol. The number of rotatable bonds is 5. The van der Waals surface area contributed by atoms with Crippen molar-refractivity contribution < 1.29 is 19.6 Å². The minimum atomic E-state index is -1.25. The zero-order chi connectivity index (χ0) is 15.1. The van der Waals surface area contributed by atoms with Crippen LogP contribution in [0.1, 0.15) is 12.5 Å². The second-order valence-electron chi connectivity index (χ2n) is 3.65. The molecule has 0 bridgehead atoms. The number of carbonyl (C=O) groups is 2. The van der Waals surface area contributed by atoms with Gasteiger partial charge in [0, 0.05) is 29.8 Å². The van der Waals surface area contributed by atoms with Crippen LogP contribution in [0.4, 0.5) is 5.69 Å². The summed E-state index contributed by atoms with van der Waals surface area (Å²) in [6.07, 6.45) is 1.49. The predicted molar refractivity (Wildman–Crippen MR) is 75.2 cm³/mol. The molecule has 1 aromatic rings. The number of nitro groups is 1. The second-order valence-corrected chi connectivity index (χ2v) is 3.65. The number of hydrogen-bond donors (Lipinski definition) is 3. The van der Waals surface area contributed by atoms with E-state index in [0.717, 1.165) is 6.08 Å². The third kappa shape index (κ3) is 6.07. The fourth-order valence-electron chi connectivity index (χ4n) is 1.23. The van der Waals surface area contributed by atoms with E-state index in [2.05, 4.69) is 10.5 Å². The minimum Gasteiger partial charge on any atom is -0.478 e. The number of benzene rings is 1. The van der Waals surface area contributed by atoms with Crippen molar-refractivity contribution in [3.63, 3.8) is 0 Å². The highest BCUT2D eigenvalue weighted by atomic mass is 16.6. The van der Waals surface area contributed by atoms with Crippen LogP contribution in [0.3, 0.4) is 0 Å². The smallest absolute Gasteiger partial charge is 0.328 e. The van der Waals surface area contributed by atoms with Gasteiger partial charge in [0.2, 0.25) is 0 Å². The van der Waals surface area contributed by atoms with Gasteiger partial charge in [0.05, 0.1) is 10.6 Å². The van der Waals surface area contributed by atoms with Gasteiger partial charge < -0.3 is 11.3 Å². The third-order valence-corrected chi connectivity index (χ3v) is 2.19. The summed E-state index contributed by atoms with van der Waals surface area (Å²) >= 11 is 0. The average Bonchev–Trinajstić information content (AvgIpc) is 2.42. The Morgan fingerprint density at radius 2 is 2.05 bits per heavy atom. The molecular weight excluding hydrogens is 280 g/mol. The van der Waals surface area contributed by atoms with Crippen molar-refractivity contribution in [2.45, 2.75) is 6.92 Å². The van der Waals surface area contributed by atoms with Gasteiger partial charge in [0.15, 0.2) is 0 Å². The quantitative estimate of drug-likeness (QED) is 0.321. The first-order chi connectivity index (χ1) is 9.40. The molecule has 9 heteroatoms. The Morgan fingerprint density at radius 3 is 2.62 bits per heavy atom. The fraction of sp³-hybridized carbons (Fsp3) is 0.0833. The number of aliphatic carboxylic acids is 1. The van der Waals surface area contributed by atoms with Gasteiger partial charge in [-0.3, -0.25) is 14.9 Å². The summed E-state index contributed by atoms with van der Waals surface area (Å²) in [7, 11) is 0. The molecule has 0 unspecified atom stereocenters. The molecule has 0 aromatic heterocycles. The van der Waals surface area contributed by atoms with Gasteiger partial charge in [0.25, 0.3) is 11.6 Å². The van der Waals surface area contributed by atoms with Crippen LogP contribution in [-0.4, -0.2) is 27.6 Å². The first-order valence-corrected chi connectivity index (χ1v) is 5.40. The SMILES string of the molecule is C/C(=N\NC(=O)/C=C\C(=O)O)c1cccc([N+](=O)[O-])c1.N. The number of nitrogens with zero attached hydrogens (tertiary/aromatic N) is 2. The Balaban J connectivity index is 0.00000400. The molecule has 0 saturated carbocycles. The number of carboxylic acid groups (broad SMARTS) is 1. The van der Waals surface area contributed by atoms with Crippen molar-refractivity contribution in [3.8, 4) is 0 Å². The van der Waals surface area contributed by atoms with Crippen LogP contribution in [0.2, 0.25) is 0 Å². The number of nitrogens with one attached hydrogen (secondary N) is 1. The predicted octanol–water partition coefficient (Wildman–Crippen LogP) is 1.24. The van der Waals surface area contributed by atoms with Crippen molar-refractivity contribution >= 4 is 23.3 Å². The molecule has 1 aromatic carbocycles. The van der Waals surface area contributed by atoms with E-state index in [1.807, 2.05) is 0 Å². The lowest BCUT2D eigenvalue weighted by molar-refractivity contribution is -0.384. The molecule has 0 aliphatic heterocycles. The maximum absolute atomic E-state index is 11.2. The van der Waals surface area contributed by atoms with Crippen molar-refractivity contribution in [1.29, 1.82) is 0 Å². The van der Waals surface area contributed by atoms with Crippen LogP contribution in [0.15, 0.2) is 41.5 Å². The summed E-state index contributed by atoms with van der Waals surface area (Å²) in [4.78, 5) is 31.5. The molecule has 9 nitrogen and oxygen atoms in total. The number of nitro benzene ring substituents is 1. The van der Waals surface area contributed by atoms with Crippen molar-refractivity contribution in [1.82, 2.24) is 11.6 Å². The molecule has 0 heterocycles. The van der Waals surface area contributed by atoms with Gasteiger partial charge in [0.1, 0.15) is 0 Å². The van der Waals surface area contributed by atoms with Gasteiger partial charge in [-0.1, -0.05) is 12.1 Å². The van der Waals surface area contributed by atoms with E-state index >= 15 is 0 Å². The molecule has 21 heavy (non-hydrogen) atoms. The van der Waals surface area contributed by atoms with Gasteiger partial charge in [-0.05, 0) is 6.92 Å². The zero-order valence-corrected chi connectivity index (χ0v) is 11.1. The highest BCUT2D eigenvalue weighted by Gasteiger charge is 2.07. The third-order valence-electron chi connectivity index (χ3n) is 2.19. The number of hydrogen-bond acceptors (Lipinski definition) is 6. The Labute approximate surface area is 119 Å². The Morgan fingerprint density at radius 1 is 1.38 bits per heavy atom. The van der Waals surface area contributed by atoms with Gasteiger partial charge in [-0.15, -0.1) is 0 Å². The molecule has 0 aliphatic rings. The van der Waals surface area contributed by atoms with Crippen LogP contribution in [-0.2, 0) is 9.59 Å². The Kier molecular flexibility index (Phi) is 6.98. The maximum Gasteiger partial charge on any atom is 0.328 e. The second kappa shape index (κ2) is 8.17. The molecule has 1 rings (SSSR count). The zero-order valence-electron chi connectivity index (χ0n) is 11.1. The maximum atomic E-state index is 11.2. The summed E-state index contributed by atoms with van der Waals surface area (Å²) < 4.78 is 0. The monoisotopic (exact) mass is 294 g/mol. The molecule has 1 amide bonds. The van der Waals surface area contributed by atoms with E-state index in [0.29, 0.717) is 17.4 Å². The highest BCUT2D eigenvalue weighted by molar-refractivity contribution is 6.00. The van der Waals surface area contributed by atoms with E-state index in [1.54, 1.807) is 13.0 Å². The number of hydrazone groups is 1. The van der Waals surface area contributed by atoms with Crippen LogP contribution in [0.25, 0.3) is 0 Å². The normalized spacial score (nSPS) is 10.8. The van der Waals surface area contributed by atoms with Gasteiger partial charge in [-0.2, -0.15) is 5.10 Å². The summed E-state index contributed by atoms with van der Waals surface area (Å²) in [6, 6.07) is 5.76. The topological polar surface area (TPSA) is 157 Å². The summed E-state index contributed by atoms with van der Waals surface area (Å²) in [6.45, 7) is 1.56. The fourth-order valence-corrected chi connectivity index (χ4v) is 1.23. The molecule has 0 spiro atoms. The number of carboxylic acids is 1. The first-order valence-electron chi connectivity index (χ1n) is 5.40. The standard InChI is InChI=1S/C12H11N3O5.H3N/c1-8(13-14-11(16)5-6-12(17)18)9-3-2-4-10(7-9)15(19)20;/h2-7H,1H3,(H,14,16)(H,17,18);1H3/b6-5-,13-8+;. The molecule has 0 aliphatic carbocycles. The van der Waals surface area contributed by atoms with Gasteiger partial charge >= 0.3 is 5.97 Å². The number of amides is 1. The Hall–Kier alpha value is -3.07. The van der Waals surface area contributed by atoms with Crippen molar-refractivity contribution in [2.24, 2.45) is 5.10 Å². The molecule has 5 N–H and O–H groups in total. The van der Waals surface area contributed by atoms with E-state index in [4.69, 9.17) is 5.11 Å². The lowest BCUT2D eigenvalue weighted by Gasteiger charge is -2.01. The van der Waals surface area contributed by atoms with E-state index < -0.39 is 16.8 Å². The summed E-state index contributed by atoms with van der Waals surface area (Å²) in [5.41, 5.74) is 2.85. The molecule has 0 atom stereocenters. The summed E-state index contributed by atoms with van der Waals surface area (Å²) in [5.74, 6) is -1.96. The molecular formula is C12H14N4O5. The number of carbonyl (C=O) groups excluding carboxylic acids is 1. The largest absolute Gasteiger partial charge is 0.478 e. The van der Waals surface area contributed by atoms with E-state index in [1.165, 1.54) is 18.2 Å². The minimum absolute atomic E-state index is 0. The van der Waals surface area contributed by atoms with Crippen LogP contribution in [0, 0.1) is 10.1 Å². The Bertz CT molecular complexity index is 609. The highest BCUT2D eigenvalue weighted by Crippen LogP contribution is 2.13. The van der Waals surface area contributed by atoms with Gasteiger partial charge in [-0.25, -0.2) is 10.2 Å². The molecule has 0 fully saturated rings. The van der Waals surface area contributed by atoms with Crippen molar-refractivity contribution in [3.05, 3.63) is 52.1 Å². The van der Waals surface area contributed by atoms with E-state index in [-0.39, 0.29) is 11.8 Å². The van der Waals surface area contributed by atoms with Crippen molar-refractivity contribution in [2.75, 3.05) is 0 Å². The van der Waals surface area contributed by atoms with Crippen LogP contribution >= 0.6 is 0 Å².